The molecule has 0 aromatic rings. The minimum absolute atomic E-state index is 0.167. The van der Waals surface area contributed by atoms with Crippen molar-refractivity contribution in [2.24, 2.45) is 5.92 Å². The van der Waals surface area contributed by atoms with Gasteiger partial charge in [0.1, 0.15) is 0 Å². The Morgan fingerprint density at radius 3 is 3.00 bits per heavy atom. The quantitative estimate of drug-likeness (QED) is 0.436. The summed E-state index contributed by atoms with van der Waals surface area (Å²) >= 11 is 0. The van der Waals surface area contributed by atoms with Crippen molar-refractivity contribution in [3.8, 4) is 0 Å². The van der Waals surface area contributed by atoms with Crippen molar-refractivity contribution in [2.75, 3.05) is 0 Å². The van der Waals surface area contributed by atoms with E-state index >= 15 is 0 Å². The Bertz CT molecular complexity index is 189. The highest BCUT2D eigenvalue weighted by Gasteiger charge is 2.13. The van der Waals surface area contributed by atoms with E-state index in [-0.39, 0.29) is 11.7 Å². The molecule has 0 saturated carbocycles. The third kappa shape index (κ3) is 2.34. The SMILES string of the molecule is CC=CC(=O)C1C=CCCC1. The number of carbonyl (C=O) groups is 1. The van der Waals surface area contributed by atoms with E-state index in [2.05, 4.69) is 6.08 Å². The molecule has 0 aliphatic heterocycles. The first-order valence-electron chi connectivity index (χ1n) is 4.18. The number of allylic oxidation sites excluding steroid dienone is 4. The van der Waals surface area contributed by atoms with Crippen molar-refractivity contribution in [1.29, 1.82) is 0 Å². The molecule has 0 bridgehead atoms. The second-order valence-corrected chi connectivity index (χ2v) is 2.87. The lowest BCUT2D eigenvalue weighted by molar-refractivity contribution is -0.117. The van der Waals surface area contributed by atoms with E-state index in [4.69, 9.17) is 0 Å². The van der Waals surface area contributed by atoms with E-state index in [1.807, 2.05) is 19.1 Å². The molecule has 11 heavy (non-hydrogen) atoms. The number of hydrogen-bond donors (Lipinski definition) is 0. The third-order valence-corrected chi connectivity index (χ3v) is 1.95. The molecular weight excluding hydrogens is 136 g/mol. The van der Waals surface area contributed by atoms with Crippen LogP contribution in [0, 0.1) is 5.92 Å². The molecule has 1 rings (SSSR count). The van der Waals surface area contributed by atoms with Crippen LogP contribution in [0.1, 0.15) is 26.2 Å². The van der Waals surface area contributed by atoms with Gasteiger partial charge in [-0.2, -0.15) is 0 Å². The van der Waals surface area contributed by atoms with Crippen molar-refractivity contribution in [1.82, 2.24) is 0 Å². The van der Waals surface area contributed by atoms with Crippen LogP contribution in [0.15, 0.2) is 24.3 Å². The fourth-order valence-electron chi connectivity index (χ4n) is 1.34. The van der Waals surface area contributed by atoms with Gasteiger partial charge in [-0.3, -0.25) is 4.79 Å². The smallest absolute Gasteiger partial charge is 0.162 e. The fraction of sp³-hybridized carbons (Fsp3) is 0.500. The van der Waals surface area contributed by atoms with Gasteiger partial charge in [0.15, 0.2) is 5.78 Å². The van der Waals surface area contributed by atoms with E-state index in [0.717, 1.165) is 19.3 Å². The molecule has 1 aliphatic carbocycles. The minimum atomic E-state index is 0.167. The van der Waals surface area contributed by atoms with Crippen LogP contribution in [0.3, 0.4) is 0 Å². The maximum absolute atomic E-state index is 11.3. The van der Waals surface area contributed by atoms with Gasteiger partial charge in [0.05, 0.1) is 0 Å². The molecule has 0 amide bonds. The number of carbonyl (C=O) groups excluding carboxylic acids is 1. The van der Waals surface area contributed by atoms with Gasteiger partial charge in [0, 0.05) is 5.92 Å². The van der Waals surface area contributed by atoms with Crippen molar-refractivity contribution >= 4 is 5.78 Å². The van der Waals surface area contributed by atoms with Crippen molar-refractivity contribution in [2.45, 2.75) is 26.2 Å². The highest BCUT2D eigenvalue weighted by molar-refractivity contribution is 5.92. The largest absolute Gasteiger partial charge is 0.294 e. The summed E-state index contributed by atoms with van der Waals surface area (Å²) in [5.74, 6) is 0.420. The second kappa shape index (κ2) is 4.12. The summed E-state index contributed by atoms with van der Waals surface area (Å²) in [6, 6.07) is 0. The molecule has 0 fully saturated rings. The minimum Gasteiger partial charge on any atom is -0.294 e. The average molecular weight is 150 g/mol. The predicted molar refractivity (Wildman–Crippen MR) is 46.3 cm³/mol. The van der Waals surface area contributed by atoms with Gasteiger partial charge in [-0.15, -0.1) is 0 Å². The molecule has 60 valence electrons. The van der Waals surface area contributed by atoms with Gasteiger partial charge >= 0.3 is 0 Å². The summed E-state index contributed by atoms with van der Waals surface area (Å²) < 4.78 is 0. The molecule has 1 heteroatoms. The zero-order valence-corrected chi connectivity index (χ0v) is 6.92. The van der Waals surface area contributed by atoms with E-state index < -0.39 is 0 Å². The maximum atomic E-state index is 11.3. The molecule has 0 aromatic carbocycles. The first-order chi connectivity index (χ1) is 5.34. The van der Waals surface area contributed by atoms with E-state index in [9.17, 15) is 4.79 Å². The van der Waals surface area contributed by atoms with E-state index in [0.29, 0.717) is 0 Å². The summed E-state index contributed by atoms with van der Waals surface area (Å²) in [6.07, 6.45) is 10.9. The van der Waals surface area contributed by atoms with E-state index in [1.165, 1.54) is 0 Å². The molecule has 0 heterocycles. The lowest BCUT2D eigenvalue weighted by atomic mass is 9.92. The van der Waals surface area contributed by atoms with Gasteiger partial charge < -0.3 is 0 Å². The van der Waals surface area contributed by atoms with Gasteiger partial charge in [-0.05, 0) is 32.3 Å². The van der Waals surface area contributed by atoms with Crippen LogP contribution >= 0.6 is 0 Å². The molecule has 0 spiro atoms. The number of ketones is 1. The molecule has 1 aliphatic rings. The monoisotopic (exact) mass is 150 g/mol. The van der Waals surface area contributed by atoms with Crippen LogP contribution in [0.4, 0.5) is 0 Å². The zero-order chi connectivity index (χ0) is 8.10. The predicted octanol–water partition coefficient (Wildman–Crippen LogP) is 2.49. The second-order valence-electron chi connectivity index (χ2n) is 2.87. The molecule has 1 atom stereocenters. The standard InChI is InChI=1S/C10H14O/c1-2-6-10(11)9-7-4-3-5-8-9/h2,4,6-7,9H,3,5,8H2,1H3. The molecule has 0 N–H and O–H groups in total. The molecule has 0 saturated heterocycles. The Hall–Kier alpha value is -0.850. The van der Waals surface area contributed by atoms with Gasteiger partial charge in [-0.25, -0.2) is 0 Å². The van der Waals surface area contributed by atoms with Crippen LogP contribution in [-0.4, -0.2) is 5.78 Å². The topological polar surface area (TPSA) is 17.1 Å². The Balaban J connectivity index is 2.52. The molecule has 0 aromatic heterocycles. The Morgan fingerprint density at radius 1 is 1.64 bits per heavy atom. The third-order valence-electron chi connectivity index (χ3n) is 1.95. The summed E-state index contributed by atoms with van der Waals surface area (Å²) in [6.45, 7) is 1.88. The first-order valence-corrected chi connectivity index (χ1v) is 4.18. The lowest BCUT2D eigenvalue weighted by Crippen LogP contribution is -2.11. The molecule has 1 unspecified atom stereocenters. The van der Waals surface area contributed by atoms with Crippen LogP contribution in [0.2, 0.25) is 0 Å². The van der Waals surface area contributed by atoms with Crippen molar-refractivity contribution in [3.63, 3.8) is 0 Å². The highest BCUT2D eigenvalue weighted by atomic mass is 16.1. The zero-order valence-electron chi connectivity index (χ0n) is 6.92. The van der Waals surface area contributed by atoms with Crippen molar-refractivity contribution < 1.29 is 4.79 Å². The van der Waals surface area contributed by atoms with Crippen LogP contribution in [0.5, 0.6) is 0 Å². The Morgan fingerprint density at radius 2 is 2.45 bits per heavy atom. The summed E-state index contributed by atoms with van der Waals surface area (Å²) in [4.78, 5) is 11.3. The number of hydrogen-bond acceptors (Lipinski definition) is 1. The van der Waals surface area contributed by atoms with Gasteiger partial charge in [-0.1, -0.05) is 18.2 Å². The van der Waals surface area contributed by atoms with Crippen LogP contribution in [-0.2, 0) is 4.79 Å². The lowest BCUT2D eigenvalue weighted by Gasteiger charge is -2.12. The molecule has 0 radical (unpaired) electrons. The number of rotatable bonds is 2. The maximum Gasteiger partial charge on any atom is 0.162 e. The summed E-state index contributed by atoms with van der Waals surface area (Å²) in [7, 11) is 0. The van der Waals surface area contributed by atoms with E-state index in [1.54, 1.807) is 6.08 Å². The normalized spacial score (nSPS) is 24.3. The average Bonchev–Trinajstić information content (AvgIpc) is 2.07. The van der Waals surface area contributed by atoms with Gasteiger partial charge in [0.25, 0.3) is 0 Å². The van der Waals surface area contributed by atoms with Gasteiger partial charge in [0.2, 0.25) is 0 Å². The van der Waals surface area contributed by atoms with Crippen molar-refractivity contribution in [3.05, 3.63) is 24.3 Å². The highest BCUT2D eigenvalue weighted by Crippen LogP contribution is 2.17. The fourth-order valence-corrected chi connectivity index (χ4v) is 1.34. The molecular formula is C10H14O. The molecule has 1 nitrogen and oxygen atoms in total. The van der Waals surface area contributed by atoms with Crippen LogP contribution < -0.4 is 0 Å². The Labute approximate surface area is 67.8 Å². The Kier molecular flexibility index (Phi) is 3.09. The summed E-state index contributed by atoms with van der Waals surface area (Å²) in [5.41, 5.74) is 0. The first kappa shape index (κ1) is 8.25. The summed E-state index contributed by atoms with van der Waals surface area (Å²) in [5, 5.41) is 0. The van der Waals surface area contributed by atoms with Crippen LogP contribution in [0.25, 0.3) is 0 Å².